The van der Waals surface area contributed by atoms with Gasteiger partial charge in [-0.25, -0.2) is 0 Å². The standard InChI is InChI=1S/C12H24N2O/c1-2-7-14(8-3-1)9-6-13-11-12-5-4-10-15-12/h12-13H,1-11H2/t12-/m0/s1. The van der Waals surface area contributed by atoms with Gasteiger partial charge in [0.05, 0.1) is 6.10 Å². The van der Waals surface area contributed by atoms with Gasteiger partial charge in [0.25, 0.3) is 0 Å². The molecule has 0 unspecified atom stereocenters. The minimum absolute atomic E-state index is 0.492. The highest BCUT2D eigenvalue weighted by Crippen LogP contribution is 2.10. The van der Waals surface area contributed by atoms with Crippen molar-refractivity contribution in [1.29, 1.82) is 0 Å². The second-order valence-electron chi connectivity index (χ2n) is 4.74. The summed E-state index contributed by atoms with van der Waals surface area (Å²) in [5.74, 6) is 0. The predicted octanol–water partition coefficient (Wildman–Crippen LogP) is 1.24. The first-order valence-electron chi connectivity index (χ1n) is 6.50. The SMILES string of the molecule is C1CCN(CCNC[C@@H]2CCCO2)CC1. The third-order valence-corrected chi connectivity index (χ3v) is 3.45. The molecule has 0 aromatic rings. The molecule has 2 aliphatic rings. The van der Waals surface area contributed by atoms with E-state index < -0.39 is 0 Å². The first kappa shape index (κ1) is 11.4. The average molecular weight is 212 g/mol. The molecule has 2 rings (SSSR count). The first-order chi connectivity index (χ1) is 7.45. The van der Waals surface area contributed by atoms with Gasteiger partial charge in [-0.1, -0.05) is 6.42 Å². The molecule has 3 heteroatoms. The van der Waals surface area contributed by atoms with Crippen LogP contribution in [0.25, 0.3) is 0 Å². The molecule has 3 nitrogen and oxygen atoms in total. The summed E-state index contributed by atoms with van der Waals surface area (Å²) in [4.78, 5) is 2.58. The maximum Gasteiger partial charge on any atom is 0.0700 e. The highest BCUT2D eigenvalue weighted by atomic mass is 16.5. The van der Waals surface area contributed by atoms with Crippen LogP contribution in [0.5, 0.6) is 0 Å². The molecule has 0 radical (unpaired) electrons. The predicted molar refractivity (Wildman–Crippen MR) is 62.1 cm³/mol. The molecule has 0 aromatic carbocycles. The fourth-order valence-corrected chi connectivity index (χ4v) is 2.49. The van der Waals surface area contributed by atoms with Crippen LogP contribution in [0.1, 0.15) is 32.1 Å². The maximum atomic E-state index is 5.57. The topological polar surface area (TPSA) is 24.5 Å². The minimum Gasteiger partial charge on any atom is -0.377 e. The number of nitrogens with one attached hydrogen (secondary N) is 1. The summed E-state index contributed by atoms with van der Waals surface area (Å²) in [5.41, 5.74) is 0. The Morgan fingerprint density at radius 2 is 2.00 bits per heavy atom. The lowest BCUT2D eigenvalue weighted by atomic mass is 10.1. The Labute approximate surface area is 93.2 Å². The Hall–Kier alpha value is -0.120. The van der Waals surface area contributed by atoms with Crippen molar-refractivity contribution in [2.75, 3.05) is 39.3 Å². The molecule has 88 valence electrons. The van der Waals surface area contributed by atoms with Gasteiger partial charge in [0.1, 0.15) is 0 Å². The molecular weight excluding hydrogens is 188 g/mol. The zero-order valence-corrected chi connectivity index (χ0v) is 9.71. The monoisotopic (exact) mass is 212 g/mol. The molecule has 1 atom stereocenters. The van der Waals surface area contributed by atoms with E-state index in [2.05, 4.69) is 10.2 Å². The minimum atomic E-state index is 0.492. The van der Waals surface area contributed by atoms with Gasteiger partial charge in [-0.3, -0.25) is 0 Å². The van der Waals surface area contributed by atoms with Gasteiger partial charge in [0.15, 0.2) is 0 Å². The van der Waals surface area contributed by atoms with Crippen molar-refractivity contribution in [2.24, 2.45) is 0 Å². The highest BCUT2D eigenvalue weighted by Gasteiger charge is 2.14. The number of hydrogen-bond donors (Lipinski definition) is 1. The van der Waals surface area contributed by atoms with Crippen LogP contribution in [0, 0.1) is 0 Å². The van der Waals surface area contributed by atoms with Crippen LogP contribution in [0.3, 0.4) is 0 Å². The number of hydrogen-bond acceptors (Lipinski definition) is 3. The molecule has 0 amide bonds. The number of rotatable bonds is 5. The molecule has 2 aliphatic heterocycles. The molecule has 0 saturated carbocycles. The third kappa shape index (κ3) is 4.09. The van der Waals surface area contributed by atoms with Gasteiger partial charge in [0, 0.05) is 26.2 Å². The van der Waals surface area contributed by atoms with Crippen LogP contribution < -0.4 is 5.32 Å². The smallest absolute Gasteiger partial charge is 0.0700 e. The summed E-state index contributed by atoms with van der Waals surface area (Å²) in [7, 11) is 0. The van der Waals surface area contributed by atoms with Crippen LogP contribution in [-0.2, 0) is 4.74 Å². The number of nitrogens with zero attached hydrogens (tertiary/aromatic N) is 1. The van der Waals surface area contributed by atoms with Crippen molar-refractivity contribution in [1.82, 2.24) is 10.2 Å². The van der Waals surface area contributed by atoms with E-state index in [-0.39, 0.29) is 0 Å². The molecule has 0 aliphatic carbocycles. The van der Waals surface area contributed by atoms with Crippen molar-refractivity contribution in [3.8, 4) is 0 Å². The number of ether oxygens (including phenoxy) is 1. The molecule has 15 heavy (non-hydrogen) atoms. The van der Waals surface area contributed by atoms with Crippen LogP contribution in [0.15, 0.2) is 0 Å². The fraction of sp³-hybridized carbons (Fsp3) is 1.00. The van der Waals surface area contributed by atoms with Gasteiger partial charge in [0.2, 0.25) is 0 Å². The fourth-order valence-electron chi connectivity index (χ4n) is 2.49. The molecule has 2 heterocycles. The van der Waals surface area contributed by atoms with Crippen LogP contribution in [0.4, 0.5) is 0 Å². The van der Waals surface area contributed by atoms with E-state index in [4.69, 9.17) is 4.74 Å². The molecule has 1 N–H and O–H groups in total. The lowest BCUT2D eigenvalue weighted by Gasteiger charge is -2.26. The van der Waals surface area contributed by atoms with E-state index in [1.807, 2.05) is 0 Å². The second kappa shape index (κ2) is 6.46. The maximum absolute atomic E-state index is 5.57. The van der Waals surface area contributed by atoms with Gasteiger partial charge in [-0.15, -0.1) is 0 Å². The van der Waals surface area contributed by atoms with Gasteiger partial charge in [-0.05, 0) is 38.8 Å². The van der Waals surface area contributed by atoms with Crippen LogP contribution in [-0.4, -0.2) is 50.3 Å². The van der Waals surface area contributed by atoms with E-state index in [0.717, 1.165) is 19.7 Å². The normalized spacial score (nSPS) is 28.4. The summed E-state index contributed by atoms with van der Waals surface area (Å²) >= 11 is 0. The van der Waals surface area contributed by atoms with Gasteiger partial charge in [-0.2, -0.15) is 0 Å². The summed E-state index contributed by atoms with van der Waals surface area (Å²) in [6.45, 7) is 6.97. The average Bonchev–Trinajstić information content (AvgIpc) is 2.79. The Bertz CT molecular complexity index is 163. The Morgan fingerprint density at radius 1 is 1.13 bits per heavy atom. The number of piperidine rings is 1. The van der Waals surface area contributed by atoms with E-state index in [1.54, 1.807) is 0 Å². The molecule has 2 fully saturated rings. The second-order valence-corrected chi connectivity index (χ2v) is 4.74. The largest absolute Gasteiger partial charge is 0.377 e. The van der Waals surface area contributed by atoms with Crippen molar-refractivity contribution in [3.05, 3.63) is 0 Å². The Morgan fingerprint density at radius 3 is 2.73 bits per heavy atom. The molecule has 0 bridgehead atoms. The molecule has 2 saturated heterocycles. The third-order valence-electron chi connectivity index (χ3n) is 3.45. The highest BCUT2D eigenvalue weighted by molar-refractivity contribution is 4.69. The number of likely N-dealkylation sites (tertiary alicyclic amines) is 1. The first-order valence-corrected chi connectivity index (χ1v) is 6.50. The van der Waals surface area contributed by atoms with E-state index in [1.165, 1.54) is 51.7 Å². The molecule has 0 spiro atoms. The van der Waals surface area contributed by atoms with E-state index >= 15 is 0 Å². The lowest BCUT2D eigenvalue weighted by molar-refractivity contribution is 0.109. The zero-order chi connectivity index (χ0) is 10.3. The van der Waals surface area contributed by atoms with Crippen molar-refractivity contribution >= 4 is 0 Å². The summed E-state index contributed by atoms with van der Waals surface area (Å²) < 4.78 is 5.57. The summed E-state index contributed by atoms with van der Waals surface area (Å²) in [5, 5.41) is 3.51. The van der Waals surface area contributed by atoms with E-state index in [0.29, 0.717) is 6.10 Å². The van der Waals surface area contributed by atoms with Crippen molar-refractivity contribution < 1.29 is 4.74 Å². The summed E-state index contributed by atoms with van der Waals surface area (Å²) in [6, 6.07) is 0. The Balaban J connectivity index is 1.47. The molecule has 0 aromatic heterocycles. The molecular formula is C12H24N2O. The lowest BCUT2D eigenvalue weighted by Crippen LogP contribution is -2.37. The van der Waals surface area contributed by atoms with Crippen molar-refractivity contribution in [3.63, 3.8) is 0 Å². The summed E-state index contributed by atoms with van der Waals surface area (Å²) in [6.07, 6.45) is 7.21. The quantitative estimate of drug-likeness (QED) is 0.694. The Kier molecular flexibility index (Phi) is 4.90. The van der Waals surface area contributed by atoms with Crippen LogP contribution >= 0.6 is 0 Å². The van der Waals surface area contributed by atoms with Crippen LogP contribution in [0.2, 0.25) is 0 Å². The van der Waals surface area contributed by atoms with Gasteiger partial charge < -0.3 is 15.0 Å². The van der Waals surface area contributed by atoms with Crippen molar-refractivity contribution in [2.45, 2.75) is 38.2 Å². The van der Waals surface area contributed by atoms with E-state index in [9.17, 15) is 0 Å². The zero-order valence-electron chi connectivity index (χ0n) is 9.71. The van der Waals surface area contributed by atoms with Gasteiger partial charge >= 0.3 is 0 Å².